The molecule has 0 aliphatic carbocycles. The van der Waals surface area contributed by atoms with Crippen LogP contribution in [0.25, 0.3) is 0 Å². The Hall–Kier alpha value is -3.52. The monoisotopic (exact) mass is 441 g/mol. The van der Waals surface area contributed by atoms with Crippen LogP contribution in [0.15, 0.2) is 12.5 Å². The molecule has 0 saturated heterocycles. The van der Waals surface area contributed by atoms with E-state index in [-0.39, 0.29) is 19.3 Å². The van der Waals surface area contributed by atoms with Gasteiger partial charge in [-0.2, -0.15) is 0 Å². The molecule has 14 nitrogen and oxygen atoms in total. The molecular formula is C17H27N7O7. The molecule has 172 valence electrons. The topological polar surface area (TPSA) is 243 Å². The van der Waals surface area contributed by atoms with E-state index in [0.717, 1.165) is 0 Å². The van der Waals surface area contributed by atoms with Crippen molar-refractivity contribution >= 4 is 29.6 Å². The van der Waals surface area contributed by atoms with Crippen molar-refractivity contribution in [3.8, 4) is 0 Å². The largest absolute Gasteiger partial charge is 0.480 e. The van der Waals surface area contributed by atoms with Gasteiger partial charge in [0.25, 0.3) is 0 Å². The van der Waals surface area contributed by atoms with E-state index in [1.54, 1.807) is 0 Å². The van der Waals surface area contributed by atoms with Gasteiger partial charge in [0.1, 0.15) is 24.2 Å². The van der Waals surface area contributed by atoms with Crippen molar-refractivity contribution in [3.63, 3.8) is 0 Å². The highest BCUT2D eigenvalue weighted by Gasteiger charge is 2.30. The Bertz CT molecular complexity index is 784. The Morgan fingerprint density at radius 3 is 2.23 bits per heavy atom. The molecule has 10 N–H and O–H groups in total. The molecule has 0 radical (unpaired) electrons. The van der Waals surface area contributed by atoms with Crippen LogP contribution in [0.2, 0.25) is 0 Å². The number of H-pyrrole nitrogens is 1. The van der Waals surface area contributed by atoms with E-state index in [9.17, 15) is 24.0 Å². The van der Waals surface area contributed by atoms with Gasteiger partial charge in [-0.1, -0.05) is 0 Å². The van der Waals surface area contributed by atoms with Crippen molar-refractivity contribution in [3.05, 3.63) is 18.2 Å². The lowest BCUT2D eigenvalue weighted by molar-refractivity contribution is -0.142. The predicted molar refractivity (Wildman–Crippen MR) is 105 cm³/mol. The number of aliphatic carboxylic acids is 1. The Morgan fingerprint density at radius 2 is 1.71 bits per heavy atom. The van der Waals surface area contributed by atoms with Gasteiger partial charge in [-0.3, -0.25) is 24.0 Å². The first kappa shape index (κ1) is 25.5. The van der Waals surface area contributed by atoms with Crippen molar-refractivity contribution in [1.82, 2.24) is 25.9 Å². The molecule has 31 heavy (non-hydrogen) atoms. The number of nitrogens with zero attached hydrogens (tertiary/aromatic N) is 1. The van der Waals surface area contributed by atoms with Crippen LogP contribution in [0.3, 0.4) is 0 Å². The number of amides is 4. The molecule has 14 heteroatoms. The number of hydrogen-bond acceptors (Lipinski definition) is 8. The molecule has 4 atom stereocenters. The summed E-state index contributed by atoms with van der Waals surface area (Å²) < 4.78 is 0. The molecule has 1 aromatic rings. The van der Waals surface area contributed by atoms with Crippen molar-refractivity contribution in [2.45, 2.75) is 50.4 Å². The third kappa shape index (κ3) is 8.79. The number of aliphatic hydroxyl groups is 1. The maximum atomic E-state index is 12.8. The maximum absolute atomic E-state index is 12.8. The minimum Gasteiger partial charge on any atom is -0.480 e. The molecule has 0 aliphatic heterocycles. The van der Waals surface area contributed by atoms with Crippen molar-refractivity contribution < 1.29 is 34.2 Å². The van der Waals surface area contributed by atoms with Crippen LogP contribution in [-0.2, 0) is 30.4 Å². The zero-order valence-electron chi connectivity index (χ0n) is 16.8. The fourth-order valence-electron chi connectivity index (χ4n) is 2.39. The van der Waals surface area contributed by atoms with Crippen molar-refractivity contribution in [2.24, 2.45) is 11.5 Å². The van der Waals surface area contributed by atoms with Gasteiger partial charge in [-0.15, -0.1) is 0 Å². The van der Waals surface area contributed by atoms with Crippen molar-refractivity contribution in [2.75, 3.05) is 6.61 Å². The smallest absolute Gasteiger partial charge is 0.325 e. The lowest BCUT2D eigenvalue weighted by atomic mass is 10.1. The number of aliphatic hydroxyl groups excluding tert-OH is 1. The fraction of sp³-hybridized carbons (Fsp3) is 0.529. The van der Waals surface area contributed by atoms with E-state index in [4.69, 9.17) is 21.7 Å². The first-order valence-electron chi connectivity index (χ1n) is 9.31. The van der Waals surface area contributed by atoms with E-state index < -0.39 is 60.4 Å². The van der Waals surface area contributed by atoms with E-state index in [2.05, 4.69) is 25.9 Å². The average Bonchev–Trinajstić information content (AvgIpc) is 3.22. The molecule has 4 unspecified atom stereocenters. The maximum Gasteiger partial charge on any atom is 0.325 e. The molecular weight excluding hydrogens is 414 g/mol. The standard InChI is InChI=1S/C17H27N7O7/c1-8(17(30)31)22-15(28)11(2-3-13(19)26)23-16(29)12(4-9-5-20-7-21-9)24-14(27)10(18)6-25/h5,7-8,10-12,25H,2-4,6,18H2,1H3,(H2,19,26)(H,20,21)(H,22,28)(H,23,29)(H,24,27)(H,30,31). The molecule has 0 fully saturated rings. The van der Waals surface area contributed by atoms with Crippen LogP contribution in [0, 0.1) is 0 Å². The molecule has 0 spiro atoms. The quantitative estimate of drug-likeness (QED) is 0.149. The highest BCUT2D eigenvalue weighted by atomic mass is 16.4. The second-order valence-corrected chi connectivity index (χ2v) is 6.77. The summed E-state index contributed by atoms with van der Waals surface area (Å²) in [6, 6.07) is -5.04. The van der Waals surface area contributed by atoms with E-state index >= 15 is 0 Å². The second kappa shape index (κ2) is 12.2. The Morgan fingerprint density at radius 1 is 1.10 bits per heavy atom. The third-order valence-electron chi connectivity index (χ3n) is 4.19. The van der Waals surface area contributed by atoms with Gasteiger partial charge in [0.05, 0.1) is 12.9 Å². The summed E-state index contributed by atoms with van der Waals surface area (Å²) >= 11 is 0. The third-order valence-corrected chi connectivity index (χ3v) is 4.19. The number of aromatic amines is 1. The summed E-state index contributed by atoms with van der Waals surface area (Å²) in [7, 11) is 0. The Kier molecular flexibility index (Phi) is 10.1. The molecule has 0 bridgehead atoms. The van der Waals surface area contributed by atoms with E-state index in [1.807, 2.05) is 0 Å². The average molecular weight is 441 g/mol. The number of nitrogens with one attached hydrogen (secondary N) is 4. The van der Waals surface area contributed by atoms with Crippen LogP contribution in [0.4, 0.5) is 0 Å². The number of aromatic nitrogens is 2. The summed E-state index contributed by atoms with van der Waals surface area (Å²) in [5.74, 6) is -4.48. The van der Waals surface area contributed by atoms with Gasteiger partial charge >= 0.3 is 5.97 Å². The second-order valence-electron chi connectivity index (χ2n) is 6.77. The van der Waals surface area contributed by atoms with Crippen LogP contribution >= 0.6 is 0 Å². The number of primary amides is 1. The number of rotatable bonds is 13. The highest BCUT2D eigenvalue weighted by molar-refractivity contribution is 5.94. The summed E-state index contributed by atoms with van der Waals surface area (Å²) in [5.41, 5.74) is 11.1. The van der Waals surface area contributed by atoms with Crippen LogP contribution < -0.4 is 27.4 Å². The lowest BCUT2D eigenvalue weighted by Gasteiger charge is -2.24. The van der Waals surface area contributed by atoms with Crippen LogP contribution in [0.5, 0.6) is 0 Å². The normalized spacial score (nSPS) is 14.5. The zero-order chi connectivity index (χ0) is 23.6. The summed E-state index contributed by atoms with van der Waals surface area (Å²) in [6.45, 7) is 0.575. The summed E-state index contributed by atoms with van der Waals surface area (Å²) in [6.07, 6.45) is 2.28. The van der Waals surface area contributed by atoms with Gasteiger partial charge in [-0.25, -0.2) is 4.98 Å². The minimum atomic E-state index is -1.30. The van der Waals surface area contributed by atoms with E-state index in [1.165, 1.54) is 19.4 Å². The number of nitrogens with two attached hydrogens (primary N) is 2. The van der Waals surface area contributed by atoms with Gasteiger partial charge in [0.2, 0.25) is 23.6 Å². The Balaban J connectivity index is 2.99. The first-order valence-corrected chi connectivity index (χ1v) is 9.31. The van der Waals surface area contributed by atoms with Gasteiger partial charge in [0.15, 0.2) is 0 Å². The lowest BCUT2D eigenvalue weighted by Crippen LogP contribution is -2.57. The van der Waals surface area contributed by atoms with Gasteiger partial charge in [0, 0.05) is 24.7 Å². The fourth-order valence-corrected chi connectivity index (χ4v) is 2.39. The van der Waals surface area contributed by atoms with Crippen LogP contribution in [0.1, 0.15) is 25.5 Å². The van der Waals surface area contributed by atoms with Crippen molar-refractivity contribution in [1.29, 1.82) is 0 Å². The molecule has 1 heterocycles. The number of carbonyl (C=O) groups excluding carboxylic acids is 4. The number of carboxylic acids is 1. The SMILES string of the molecule is CC(NC(=O)C(CCC(N)=O)NC(=O)C(Cc1cnc[nH]1)NC(=O)C(N)CO)C(=O)O. The highest BCUT2D eigenvalue weighted by Crippen LogP contribution is 2.04. The number of imidazole rings is 1. The Labute approximate surface area is 177 Å². The number of carboxylic acid groups (broad SMARTS) is 1. The molecule has 0 aliphatic rings. The number of carbonyl (C=O) groups is 5. The number of hydrogen-bond donors (Lipinski definition) is 8. The molecule has 1 aromatic heterocycles. The summed E-state index contributed by atoms with van der Waals surface area (Å²) in [4.78, 5) is 66.0. The molecule has 0 saturated carbocycles. The zero-order valence-corrected chi connectivity index (χ0v) is 16.8. The molecule has 4 amide bonds. The summed E-state index contributed by atoms with van der Waals surface area (Å²) in [5, 5.41) is 24.9. The van der Waals surface area contributed by atoms with Gasteiger partial charge in [-0.05, 0) is 13.3 Å². The predicted octanol–water partition coefficient (Wildman–Crippen LogP) is -3.90. The van der Waals surface area contributed by atoms with Crippen LogP contribution in [-0.4, -0.2) is 80.6 Å². The van der Waals surface area contributed by atoms with Gasteiger partial charge < -0.3 is 42.6 Å². The van der Waals surface area contributed by atoms with E-state index in [0.29, 0.717) is 5.69 Å². The first-order chi connectivity index (χ1) is 14.5. The molecule has 1 rings (SSSR count). The minimum absolute atomic E-state index is 0.0502. The molecule has 0 aromatic carbocycles.